The summed E-state index contributed by atoms with van der Waals surface area (Å²) in [5.41, 5.74) is -1.15. The van der Waals surface area contributed by atoms with Gasteiger partial charge in [0, 0.05) is 22.5 Å². The smallest absolute Gasteiger partial charge is 0.327 e. The van der Waals surface area contributed by atoms with Crippen LogP contribution in [-0.2, 0) is 9.59 Å². The average molecular weight is 250 g/mol. The average Bonchev–Trinajstić information content (AvgIpc) is 2.25. The lowest BCUT2D eigenvalue weighted by atomic mass is 10.1. The van der Waals surface area contributed by atoms with Gasteiger partial charge in [0.15, 0.2) is 0 Å². The number of aliphatic carboxylic acids is 1. The molecule has 0 saturated carbocycles. The number of aliphatic hydroxyl groups is 1. The van der Waals surface area contributed by atoms with Crippen molar-refractivity contribution >= 4 is 23.6 Å². The second-order valence-electron chi connectivity index (χ2n) is 3.44. The number of nitrogens with one attached hydrogen (secondary N) is 1. The van der Waals surface area contributed by atoms with Crippen molar-refractivity contribution in [1.29, 1.82) is 0 Å². The zero-order valence-electron chi connectivity index (χ0n) is 11.9. The number of thioether (sulfide) groups is 1. The molecule has 0 radical (unpaired) electrons. The highest BCUT2D eigenvalue weighted by Gasteiger charge is 2.21. The second kappa shape index (κ2) is 6.55. The van der Waals surface area contributed by atoms with E-state index < -0.39 is 30.4 Å². The van der Waals surface area contributed by atoms with Gasteiger partial charge in [-0.2, -0.15) is 11.8 Å². The van der Waals surface area contributed by atoms with Crippen LogP contribution in [0.1, 0.15) is 17.9 Å². The number of carbonyl (C=O) groups excluding carboxylic acids is 1. The molecule has 16 heavy (non-hydrogen) atoms. The molecule has 3 N–H and O–H groups in total. The molecule has 1 amide bonds. The van der Waals surface area contributed by atoms with E-state index in [0.29, 0.717) is 0 Å². The monoisotopic (exact) mass is 250 g/mol. The summed E-state index contributed by atoms with van der Waals surface area (Å²) in [5, 5.41) is 20.4. The van der Waals surface area contributed by atoms with Crippen LogP contribution in [0.15, 0.2) is 12.7 Å². The van der Waals surface area contributed by atoms with Crippen molar-refractivity contribution in [3.63, 3.8) is 0 Å². The van der Waals surface area contributed by atoms with Gasteiger partial charge in [-0.3, -0.25) is 4.79 Å². The molecule has 92 valence electrons. The lowest BCUT2D eigenvalue weighted by molar-refractivity contribution is -0.140. The summed E-state index contributed by atoms with van der Waals surface area (Å²) in [6.07, 6.45) is 1.32. The fourth-order valence-electron chi connectivity index (χ4n) is 0.775. The standard InChI is InChI=1S/C10H17NO4S/c1-4-10(3,15)6-16-5-8(9(13)14)11-7(2)12/h4,8,15H,1,5-6H2,2-3H3,(H,11,12)(H,13,14)/t8-,10?/m0/s1/i2D3. The molecule has 0 spiro atoms. The molecule has 6 heteroatoms. The second-order valence-corrected chi connectivity index (χ2v) is 4.47. The highest BCUT2D eigenvalue weighted by Crippen LogP contribution is 2.14. The van der Waals surface area contributed by atoms with Crippen molar-refractivity contribution in [1.82, 2.24) is 5.32 Å². The summed E-state index contributed by atoms with van der Waals surface area (Å²) >= 11 is 1.07. The molecule has 0 rings (SSSR count). The molecular formula is C10H17NO4S. The number of hydrogen-bond acceptors (Lipinski definition) is 4. The number of carboxylic acid groups (broad SMARTS) is 1. The summed E-state index contributed by atoms with van der Waals surface area (Å²) in [7, 11) is 0. The summed E-state index contributed by atoms with van der Waals surface area (Å²) in [4.78, 5) is 22.1. The molecule has 0 bridgehead atoms. The third-order valence-electron chi connectivity index (χ3n) is 1.72. The normalized spacial score (nSPS) is 19.5. The van der Waals surface area contributed by atoms with Crippen LogP contribution >= 0.6 is 11.8 Å². The fraction of sp³-hybridized carbons (Fsp3) is 0.600. The zero-order chi connectivity index (χ0) is 15.3. The third kappa shape index (κ3) is 6.47. The maximum atomic E-state index is 11.2. The Morgan fingerprint density at radius 1 is 1.75 bits per heavy atom. The van der Waals surface area contributed by atoms with Gasteiger partial charge in [-0.15, -0.1) is 6.58 Å². The molecular weight excluding hydrogens is 230 g/mol. The third-order valence-corrected chi connectivity index (χ3v) is 3.08. The first kappa shape index (κ1) is 10.2. The Balaban J connectivity index is 4.41. The number of rotatable bonds is 7. The fourth-order valence-corrected chi connectivity index (χ4v) is 1.89. The molecule has 0 saturated heterocycles. The zero-order valence-corrected chi connectivity index (χ0v) is 9.71. The van der Waals surface area contributed by atoms with Crippen molar-refractivity contribution in [2.45, 2.75) is 25.4 Å². The Morgan fingerprint density at radius 3 is 2.81 bits per heavy atom. The quantitative estimate of drug-likeness (QED) is 0.564. The van der Waals surface area contributed by atoms with Gasteiger partial charge >= 0.3 is 5.97 Å². The van der Waals surface area contributed by atoms with Gasteiger partial charge in [-0.1, -0.05) is 6.08 Å². The van der Waals surface area contributed by atoms with Gasteiger partial charge in [0.1, 0.15) is 6.04 Å². The van der Waals surface area contributed by atoms with Crippen LogP contribution in [0, 0.1) is 0 Å². The van der Waals surface area contributed by atoms with Crippen molar-refractivity contribution in [2.75, 3.05) is 11.5 Å². The van der Waals surface area contributed by atoms with E-state index in [9.17, 15) is 14.7 Å². The predicted molar refractivity (Wildman–Crippen MR) is 63.4 cm³/mol. The Morgan fingerprint density at radius 2 is 2.38 bits per heavy atom. The molecule has 0 aromatic carbocycles. The van der Waals surface area contributed by atoms with E-state index in [1.165, 1.54) is 13.0 Å². The van der Waals surface area contributed by atoms with Crippen LogP contribution in [0.5, 0.6) is 0 Å². The topological polar surface area (TPSA) is 86.6 Å². The molecule has 0 fully saturated rings. The van der Waals surface area contributed by atoms with E-state index in [0.717, 1.165) is 11.8 Å². The van der Waals surface area contributed by atoms with E-state index in [-0.39, 0.29) is 11.5 Å². The Bertz CT molecular complexity index is 357. The Labute approximate surface area is 103 Å². The molecule has 0 aromatic heterocycles. The van der Waals surface area contributed by atoms with E-state index in [1.807, 2.05) is 5.32 Å². The van der Waals surface area contributed by atoms with Crippen LogP contribution in [0.3, 0.4) is 0 Å². The van der Waals surface area contributed by atoms with Crippen molar-refractivity contribution < 1.29 is 23.9 Å². The van der Waals surface area contributed by atoms with Crippen LogP contribution in [0.25, 0.3) is 0 Å². The lowest BCUT2D eigenvalue weighted by Gasteiger charge is -2.19. The van der Waals surface area contributed by atoms with Crippen LogP contribution in [0.2, 0.25) is 0 Å². The summed E-state index contributed by atoms with van der Waals surface area (Å²) in [6.45, 7) is 2.04. The Kier molecular flexibility index (Phi) is 4.16. The van der Waals surface area contributed by atoms with Crippen LogP contribution in [0.4, 0.5) is 0 Å². The summed E-state index contributed by atoms with van der Waals surface area (Å²) in [5.74, 6) is -2.51. The first-order valence-electron chi connectivity index (χ1n) is 5.97. The molecule has 0 aliphatic heterocycles. The molecule has 1 unspecified atom stereocenters. The van der Waals surface area contributed by atoms with E-state index >= 15 is 0 Å². The number of amides is 1. The molecule has 0 heterocycles. The van der Waals surface area contributed by atoms with Crippen LogP contribution in [-0.4, -0.2) is 45.2 Å². The minimum atomic E-state index is -2.88. The Hall–Kier alpha value is -1.01. The lowest BCUT2D eigenvalue weighted by Crippen LogP contribution is -2.42. The molecule has 2 atom stereocenters. The molecule has 0 aliphatic carbocycles. The first-order valence-corrected chi connectivity index (χ1v) is 5.62. The molecule has 5 nitrogen and oxygen atoms in total. The van der Waals surface area contributed by atoms with E-state index in [4.69, 9.17) is 9.22 Å². The van der Waals surface area contributed by atoms with Gasteiger partial charge in [-0.25, -0.2) is 4.79 Å². The van der Waals surface area contributed by atoms with E-state index in [1.54, 1.807) is 0 Å². The summed E-state index contributed by atoms with van der Waals surface area (Å²) in [6, 6.07) is -1.32. The van der Waals surface area contributed by atoms with Crippen molar-refractivity contribution in [3.8, 4) is 0 Å². The predicted octanol–water partition coefficient (Wildman–Crippen LogP) is 0.246. The highest BCUT2D eigenvalue weighted by molar-refractivity contribution is 7.99. The molecule has 0 aliphatic rings. The SMILES string of the molecule is [2H]C([2H])([2H])C(=O)N[C@@H](CSCC(C)(O)C=C)C(=O)O. The minimum Gasteiger partial charge on any atom is -0.480 e. The minimum absolute atomic E-state index is 0.0544. The maximum Gasteiger partial charge on any atom is 0.327 e. The van der Waals surface area contributed by atoms with Crippen molar-refractivity contribution in [3.05, 3.63) is 12.7 Å². The van der Waals surface area contributed by atoms with E-state index in [2.05, 4.69) is 6.58 Å². The maximum absolute atomic E-state index is 11.2. The van der Waals surface area contributed by atoms with Crippen molar-refractivity contribution in [2.24, 2.45) is 0 Å². The van der Waals surface area contributed by atoms with Gasteiger partial charge < -0.3 is 15.5 Å². The summed E-state index contributed by atoms with van der Waals surface area (Å²) < 4.78 is 20.5. The van der Waals surface area contributed by atoms with Gasteiger partial charge in [0.25, 0.3) is 0 Å². The van der Waals surface area contributed by atoms with Crippen LogP contribution < -0.4 is 5.32 Å². The molecule has 0 aromatic rings. The highest BCUT2D eigenvalue weighted by atomic mass is 32.2. The number of hydrogen-bond donors (Lipinski definition) is 3. The first-order chi connectivity index (χ1) is 8.49. The number of carboxylic acids is 1. The van der Waals surface area contributed by atoms with Gasteiger partial charge in [-0.05, 0) is 6.92 Å². The van der Waals surface area contributed by atoms with Gasteiger partial charge in [0.05, 0.1) is 5.60 Å². The largest absolute Gasteiger partial charge is 0.480 e. The number of carbonyl (C=O) groups is 2. The van der Waals surface area contributed by atoms with Gasteiger partial charge in [0.2, 0.25) is 5.91 Å².